The first-order chi connectivity index (χ1) is 13.1. The van der Waals surface area contributed by atoms with E-state index in [2.05, 4.69) is 9.71 Å². The highest BCUT2D eigenvalue weighted by Crippen LogP contribution is 2.41. The Hall–Kier alpha value is -1.76. The predicted molar refractivity (Wildman–Crippen MR) is 119 cm³/mol. The van der Waals surface area contributed by atoms with Gasteiger partial charge in [-0.05, 0) is 35.1 Å². The van der Waals surface area contributed by atoms with Gasteiger partial charge in [-0.3, -0.25) is 0 Å². The van der Waals surface area contributed by atoms with Gasteiger partial charge >= 0.3 is 0 Å². The zero-order valence-electron chi connectivity index (χ0n) is 17.2. The summed E-state index contributed by atoms with van der Waals surface area (Å²) in [4.78, 5) is -0.0264. The molecule has 1 aliphatic heterocycles. The molecule has 0 aromatic heterocycles. The maximum Gasteiger partial charge on any atom is 0.286 e. The first-order valence-electron chi connectivity index (χ1n) is 9.10. The normalized spacial score (nSPS) is 16.1. The minimum Gasteiger partial charge on any atom is -0.507 e. The van der Waals surface area contributed by atoms with E-state index in [1.807, 2.05) is 41.5 Å². The number of phenolic OH excluding ortho intramolecular Hbond substituents is 1. The smallest absolute Gasteiger partial charge is 0.286 e. The molecule has 3 rings (SSSR count). The van der Waals surface area contributed by atoms with Gasteiger partial charge in [-0.15, -0.1) is 4.40 Å². The van der Waals surface area contributed by atoms with Crippen LogP contribution < -0.4 is 5.32 Å². The van der Waals surface area contributed by atoms with E-state index in [0.29, 0.717) is 22.4 Å². The second-order valence-electron chi connectivity index (χ2n) is 9.22. The van der Waals surface area contributed by atoms with Crippen LogP contribution in [0.2, 0.25) is 10.0 Å². The van der Waals surface area contributed by atoms with E-state index in [1.54, 1.807) is 12.1 Å². The van der Waals surface area contributed by atoms with Gasteiger partial charge in [-0.2, -0.15) is 8.42 Å². The third kappa shape index (κ3) is 4.11. The number of aromatic hydroxyl groups is 1. The van der Waals surface area contributed by atoms with Crippen LogP contribution in [0, 0.1) is 0 Å². The minimum absolute atomic E-state index is 0.0264. The summed E-state index contributed by atoms with van der Waals surface area (Å²) in [6.07, 6.45) is 0. The Morgan fingerprint density at radius 2 is 1.38 bits per heavy atom. The van der Waals surface area contributed by atoms with Gasteiger partial charge in [0.2, 0.25) is 0 Å². The molecule has 0 saturated carbocycles. The summed E-state index contributed by atoms with van der Waals surface area (Å²) in [5, 5.41) is 14.3. The molecule has 0 saturated heterocycles. The number of amidine groups is 1. The highest BCUT2D eigenvalue weighted by atomic mass is 35.5. The Labute approximate surface area is 181 Å². The molecular formula is C21H24Cl2N2O3S. The van der Waals surface area contributed by atoms with Gasteiger partial charge in [0.15, 0.2) is 5.84 Å². The lowest BCUT2D eigenvalue weighted by atomic mass is 9.78. The second kappa shape index (κ2) is 6.89. The molecule has 1 aliphatic rings. The topological polar surface area (TPSA) is 78.8 Å². The summed E-state index contributed by atoms with van der Waals surface area (Å²) in [6.45, 7) is 11.9. The van der Waals surface area contributed by atoms with Crippen LogP contribution in [0.25, 0.3) is 0 Å². The van der Waals surface area contributed by atoms with Crippen LogP contribution in [0.15, 0.2) is 33.6 Å². The van der Waals surface area contributed by atoms with Crippen molar-refractivity contribution in [1.29, 1.82) is 0 Å². The molecule has 0 spiro atoms. The predicted octanol–water partition coefficient (Wildman–Crippen LogP) is 5.86. The molecule has 2 aromatic rings. The lowest BCUT2D eigenvalue weighted by Gasteiger charge is -2.29. The highest BCUT2D eigenvalue weighted by molar-refractivity contribution is 7.90. The summed E-state index contributed by atoms with van der Waals surface area (Å²) >= 11 is 12.1. The van der Waals surface area contributed by atoms with E-state index in [0.717, 1.165) is 0 Å². The van der Waals surface area contributed by atoms with Gasteiger partial charge in [0.1, 0.15) is 10.6 Å². The number of hydrogen-bond donors (Lipinski definition) is 2. The molecule has 0 unspecified atom stereocenters. The van der Waals surface area contributed by atoms with Crippen molar-refractivity contribution >= 4 is 44.7 Å². The highest BCUT2D eigenvalue weighted by Gasteiger charge is 2.31. The SMILES string of the molecule is CC(C)(C)c1cc(C2=NS(=O)(=O)c3cc(Cl)c(Cl)cc3N2)cc(C(C)(C)C)c1O. The summed E-state index contributed by atoms with van der Waals surface area (Å²) in [7, 11) is -3.97. The number of benzene rings is 2. The van der Waals surface area contributed by atoms with Gasteiger partial charge in [-0.25, -0.2) is 0 Å². The molecule has 0 atom stereocenters. The average molecular weight is 455 g/mol. The summed E-state index contributed by atoms with van der Waals surface area (Å²) in [6, 6.07) is 6.31. The number of sulfonamides is 1. The maximum atomic E-state index is 12.8. The number of nitrogens with one attached hydrogen (secondary N) is 1. The van der Waals surface area contributed by atoms with Crippen molar-refractivity contribution in [3.05, 3.63) is 51.0 Å². The van der Waals surface area contributed by atoms with Crippen LogP contribution in [0.5, 0.6) is 5.75 Å². The number of hydrogen-bond acceptors (Lipinski definition) is 4. The van der Waals surface area contributed by atoms with Crippen molar-refractivity contribution in [2.24, 2.45) is 4.40 Å². The summed E-state index contributed by atoms with van der Waals surface area (Å²) in [5.74, 6) is 0.384. The van der Waals surface area contributed by atoms with Crippen molar-refractivity contribution < 1.29 is 13.5 Å². The molecule has 0 bridgehead atoms. The standard InChI is InChI=1S/C21H24Cl2N2O3S/c1-20(2,3)12-7-11(8-13(18(12)26)21(4,5)6)19-24-16-9-14(22)15(23)10-17(16)29(27,28)25-19/h7-10,26H,1-6H3,(H,24,25). The van der Waals surface area contributed by atoms with Gasteiger partial charge in [0.05, 0.1) is 15.7 Å². The number of anilines is 1. The van der Waals surface area contributed by atoms with E-state index in [1.165, 1.54) is 12.1 Å². The molecule has 1 heterocycles. The minimum atomic E-state index is -3.97. The summed E-state index contributed by atoms with van der Waals surface area (Å²) in [5.41, 5.74) is 1.58. The molecule has 0 fully saturated rings. The lowest BCUT2D eigenvalue weighted by molar-refractivity contribution is 0.423. The lowest BCUT2D eigenvalue weighted by Crippen LogP contribution is -2.25. The van der Waals surface area contributed by atoms with Crippen molar-refractivity contribution in [2.45, 2.75) is 57.3 Å². The first-order valence-corrected chi connectivity index (χ1v) is 11.3. The number of phenols is 1. The van der Waals surface area contributed by atoms with Gasteiger partial charge in [0.25, 0.3) is 10.0 Å². The molecule has 8 heteroatoms. The second-order valence-corrected chi connectivity index (χ2v) is 11.6. The number of nitrogens with zero attached hydrogens (tertiary/aromatic N) is 1. The number of rotatable bonds is 1. The van der Waals surface area contributed by atoms with Crippen molar-refractivity contribution in [2.75, 3.05) is 5.32 Å². The van der Waals surface area contributed by atoms with E-state index in [4.69, 9.17) is 23.2 Å². The van der Waals surface area contributed by atoms with Crippen LogP contribution >= 0.6 is 23.2 Å². The van der Waals surface area contributed by atoms with Gasteiger partial charge < -0.3 is 10.4 Å². The zero-order valence-corrected chi connectivity index (χ0v) is 19.5. The fourth-order valence-electron chi connectivity index (χ4n) is 3.20. The molecule has 0 radical (unpaired) electrons. The summed E-state index contributed by atoms with van der Waals surface area (Å²) < 4.78 is 29.5. The average Bonchev–Trinajstić information content (AvgIpc) is 2.54. The quantitative estimate of drug-likeness (QED) is 0.565. The third-order valence-corrected chi connectivity index (χ3v) is 6.80. The first kappa shape index (κ1) is 21.9. The Morgan fingerprint density at radius 1 is 0.897 bits per heavy atom. The van der Waals surface area contributed by atoms with Crippen LogP contribution in [0.4, 0.5) is 5.69 Å². The van der Waals surface area contributed by atoms with Crippen LogP contribution in [0.3, 0.4) is 0 Å². The van der Waals surface area contributed by atoms with Crippen molar-refractivity contribution in [1.82, 2.24) is 0 Å². The van der Waals surface area contributed by atoms with Crippen molar-refractivity contribution in [3.63, 3.8) is 0 Å². The number of halogens is 2. The molecule has 0 amide bonds. The van der Waals surface area contributed by atoms with Crippen LogP contribution in [-0.4, -0.2) is 19.4 Å². The molecule has 2 aromatic carbocycles. The van der Waals surface area contributed by atoms with Crippen molar-refractivity contribution in [3.8, 4) is 5.75 Å². The van der Waals surface area contributed by atoms with E-state index in [9.17, 15) is 13.5 Å². The zero-order chi connectivity index (χ0) is 21.9. The Balaban J connectivity index is 2.26. The Bertz CT molecular complexity index is 1110. The molecule has 0 aliphatic carbocycles. The van der Waals surface area contributed by atoms with E-state index < -0.39 is 10.0 Å². The molecule has 2 N–H and O–H groups in total. The molecule has 5 nitrogen and oxygen atoms in total. The van der Waals surface area contributed by atoms with Crippen LogP contribution in [0.1, 0.15) is 58.2 Å². The Morgan fingerprint density at radius 3 is 1.86 bits per heavy atom. The van der Waals surface area contributed by atoms with Gasteiger partial charge in [0, 0.05) is 16.7 Å². The van der Waals surface area contributed by atoms with Gasteiger partial charge in [-0.1, -0.05) is 64.7 Å². The molecule has 156 valence electrons. The van der Waals surface area contributed by atoms with E-state index in [-0.39, 0.29) is 37.4 Å². The maximum absolute atomic E-state index is 12.8. The van der Waals surface area contributed by atoms with E-state index >= 15 is 0 Å². The monoisotopic (exact) mass is 454 g/mol. The fraction of sp³-hybridized carbons (Fsp3) is 0.381. The van der Waals surface area contributed by atoms with Crippen LogP contribution in [-0.2, 0) is 20.9 Å². The fourth-order valence-corrected chi connectivity index (χ4v) is 4.74. The molecule has 29 heavy (non-hydrogen) atoms. The molecular weight excluding hydrogens is 431 g/mol. The largest absolute Gasteiger partial charge is 0.507 e. The Kier molecular flexibility index (Phi) is 5.22. The number of fused-ring (bicyclic) bond motifs is 1. The third-order valence-electron chi connectivity index (χ3n) is 4.76.